The van der Waals surface area contributed by atoms with Crippen LogP contribution in [0.2, 0.25) is 0 Å². The van der Waals surface area contributed by atoms with Gasteiger partial charge in [-0.15, -0.1) is 0 Å². The van der Waals surface area contributed by atoms with Crippen LogP contribution in [0.1, 0.15) is 46.0 Å². The van der Waals surface area contributed by atoms with Crippen molar-refractivity contribution in [3.05, 3.63) is 0 Å². The van der Waals surface area contributed by atoms with E-state index in [0.717, 1.165) is 39.0 Å². The molecule has 0 saturated carbocycles. The Morgan fingerprint density at radius 1 is 1.35 bits per heavy atom. The summed E-state index contributed by atoms with van der Waals surface area (Å²) in [6.45, 7) is 6.80. The number of nitrogens with two attached hydrogens (primary N) is 1. The molecule has 0 aromatic carbocycles. The molecule has 0 rings (SSSR count). The first-order valence-corrected chi connectivity index (χ1v) is 6.52. The van der Waals surface area contributed by atoms with Crippen molar-refractivity contribution >= 4 is 5.84 Å². The predicted octanol–water partition coefficient (Wildman–Crippen LogP) is 1.70. The van der Waals surface area contributed by atoms with E-state index in [4.69, 9.17) is 15.7 Å². The number of amidine groups is 1. The van der Waals surface area contributed by atoms with Crippen LogP contribution in [-0.4, -0.2) is 36.8 Å². The summed E-state index contributed by atoms with van der Waals surface area (Å²) >= 11 is 0. The van der Waals surface area contributed by atoms with Gasteiger partial charge in [-0.05, 0) is 25.8 Å². The SMILES string of the molecule is CCCCOCCCNC(CC)CC(N)=NO. The van der Waals surface area contributed by atoms with E-state index >= 15 is 0 Å². The van der Waals surface area contributed by atoms with Crippen LogP contribution < -0.4 is 11.1 Å². The van der Waals surface area contributed by atoms with Crippen LogP contribution in [0.15, 0.2) is 5.16 Å². The average Bonchev–Trinajstić information content (AvgIpc) is 2.35. The molecule has 0 aromatic heterocycles. The Hall–Kier alpha value is -0.810. The van der Waals surface area contributed by atoms with Gasteiger partial charge in [-0.3, -0.25) is 0 Å². The van der Waals surface area contributed by atoms with E-state index in [1.165, 1.54) is 6.42 Å². The van der Waals surface area contributed by atoms with Gasteiger partial charge in [0.15, 0.2) is 0 Å². The van der Waals surface area contributed by atoms with E-state index in [1.54, 1.807) is 0 Å². The molecule has 0 bridgehead atoms. The second-order valence-corrected chi connectivity index (χ2v) is 4.17. The Morgan fingerprint density at radius 3 is 2.65 bits per heavy atom. The summed E-state index contributed by atoms with van der Waals surface area (Å²) in [5.41, 5.74) is 5.47. The van der Waals surface area contributed by atoms with Crippen LogP contribution in [-0.2, 0) is 4.74 Å². The lowest BCUT2D eigenvalue weighted by Gasteiger charge is -2.15. The highest BCUT2D eigenvalue weighted by atomic mass is 16.5. The summed E-state index contributed by atoms with van der Waals surface area (Å²) in [6, 6.07) is 0.279. The molecule has 0 aliphatic carbocycles. The first-order valence-electron chi connectivity index (χ1n) is 6.52. The number of ether oxygens (including phenoxy) is 1. The number of hydrogen-bond donors (Lipinski definition) is 3. The molecule has 5 nitrogen and oxygen atoms in total. The lowest BCUT2D eigenvalue weighted by atomic mass is 10.1. The largest absolute Gasteiger partial charge is 0.409 e. The minimum Gasteiger partial charge on any atom is -0.409 e. The average molecular weight is 245 g/mol. The summed E-state index contributed by atoms with van der Waals surface area (Å²) in [5.74, 6) is 0.281. The van der Waals surface area contributed by atoms with Gasteiger partial charge in [0.2, 0.25) is 0 Å². The molecule has 102 valence electrons. The first kappa shape index (κ1) is 16.2. The fourth-order valence-electron chi connectivity index (χ4n) is 1.48. The van der Waals surface area contributed by atoms with Crippen LogP contribution >= 0.6 is 0 Å². The monoisotopic (exact) mass is 245 g/mol. The Bertz CT molecular complexity index is 198. The third-order valence-electron chi connectivity index (χ3n) is 2.62. The zero-order valence-corrected chi connectivity index (χ0v) is 11.1. The molecule has 0 fully saturated rings. The minimum absolute atomic E-state index is 0.279. The maximum absolute atomic E-state index is 8.49. The van der Waals surface area contributed by atoms with Gasteiger partial charge in [-0.25, -0.2) is 0 Å². The second-order valence-electron chi connectivity index (χ2n) is 4.17. The van der Waals surface area contributed by atoms with Crippen molar-refractivity contribution in [1.29, 1.82) is 0 Å². The van der Waals surface area contributed by atoms with Gasteiger partial charge >= 0.3 is 0 Å². The molecule has 0 aliphatic heterocycles. The Kier molecular flexibility index (Phi) is 11.1. The maximum atomic E-state index is 8.49. The molecule has 0 amide bonds. The van der Waals surface area contributed by atoms with Crippen molar-refractivity contribution in [3.63, 3.8) is 0 Å². The highest BCUT2D eigenvalue weighted by Gasteiger charge is 2.07. The molecular weight excluding hydrogens is 218 g/mol. The molecule has 0 saturated heterocycles. The molecule has 0 aromatic rings. The lowest BCUT2D eigenvalue weighted by molar-refractivity contribution is 0.128. The third kappa shape index (κ3) is 10.1. The number of unbranched alkanes of at least 4 members (excludes halogenated alkanes) is 1. The number of nitrogens with one attached hydrogen (secondary N) is 1. The highest BCUT2D eigenvalue weighted by Crippen LogP contribution is 1.98. The van der Waals surface area contributed by atoms with Crippen LogP contribution in [0, 0.1) is 0 Å². The van der Waals surface area contributed by atoms with Gasteiger partial charge < -0.3 is 21.0 Å². The Balaban J connectivity index is 3.43. The molecule has 0 aliphatic rings. The lowest BCUT2D eigenvalue weighted by Crippen LogP contribution is -2.34. The fourth-order valence-corrected chi connectivity index (χ4v) is 1.48. The van der Waals surface area contributed by atoms with E-state index in [-0.39, 0.29) is 11.9 Å². The number of hydrogen-bond acceptors (Lipinski definition) is 4. The van der Waals surface area contributed by atoms with Crippen LogP contribution in [0.25, 0.3) is 0 Å². The van der Waals surface area contributed by atoms with E-state index in [2.05, 4.69) is 24.3 Å². The molecule has 17 heavy (non-hydrogen) atoms. The van der Waals surface area contributed by atoms with Crippen LogP contribution in [0.3, 0.4) is 0 Å². The van der Waals surface area contributed by atoms with Gasteiger partial charge in [0.25, 0.3) is 0 Å². The van der Waals surface area contributed by atoms with Gasteiger partial charge in [0.1, 0.15) is 5.84 Å². The summed E-state index contributed by atoms with van der Waals surface area (Å²) in [7, 11) is 0. The van der Waals surface area contributed by atoms with Crippen molar-refractivity contribution in [2.75, 3.05) is 19.8 Å². The van der Waals surface area contributed by atoms with Gasteiger partial charge in [-0.1, -0.05) is 25.4 Å². The number of rotatable bonds is 11. The van der Waals surface area contributed by atoms with E-state index in [1.807, 2.05) is 0 Å². The molecule has 0 spiro atoms. The highest BCUT2D eigenvalue weighted by molar-refractivity contribution is 5.80. The molecule has 1 unspecified atom stereocenters. The second kappa shape index (κ2) is 11.7. The van der Waals surface area contributed by atoms with E-state index in [9.17, 15) is 0 Å². The Labute approximate surface area is 104 Å². The maximum Gasteiger partial charge on any atom is 0.140 e. The quantitative estimate of drug-likeness (QED) is 0.170. The molecule has 4 N–H and O–H groups in total. The topological polar surface area (TPSA) is 79.9 Å². The number of oxime groups is 1. The molecular formula is C12H27N3O2. The van der Waals surface area contributed by atoms with Gasteiger partial charge in [0.05, 0.1) is 0 Å². The molecule has 1 atom stereocenters. The summed E-state index contributed by atoms with van der Waals surface area (Å²) in [4.78, 5) is 0. The van der Waals surface area contributed by atoms with E-state index < -0.39 is 0 Å². The van der Waals surface area contributed by atoms with Crippen molar-refractivity contribution in [2.24, 2.45) is 10.9 Å². The van der Waals surface area contributed by atoms with Gasteiger partial charge in [0, 0.05) is 25.7 Å². The number of nitrogens with zero attached hydrogens (tertiary/aromatic N) is 1. The summed E-state index contributed by atoms with van der Waals surface area (Å²) < 4.78 is 5.46. The molecule has 5 heteroatoms. The van der Waals surface area contributed by atoms with Crippen molar-refractivity contribution in [1.82, 2.24) is 5.32 Å². The van der Waals surface area contributed by atoms with Crippen molar-refractivity contribution in [2.45, 2.75) is 52.0 Å². The third-order valence-corrected chi connectivity index (χ3v) is 2.62. The smallest absolute Gasteiger partial charge is 0.140 e. The van der Waals surface area contributed by atoms with Crippen LogP contribution in [0.5, 0.6) is 0 Å². The molecule has 0 heterocycles. The van der Waals surface area contributed by atoms with Crippen LogP contribution in [0.4, 0.5) is 0 Å². The molecule has 0 radical (unpaired) electrons. The fraction of sp³-hybridized carbons (Fsp3) is 0.917. The predicted molar refractivity (Wildman–Crippen MR) is 70.5 cm³/mol. The standard InChI is InChI=1S/C12H27N3O2/c1-3-5-8-17-9-6-7-14-11(4-2)10-12(13)15-16/h11,14,16H,3-10H2,1-2H3,(H2,13,15). The summed E-state index contributed by atoms with van der Waals surface area (Å²) in [6.07, 6.45) is 4.86. The summed E-state index contributed by atoms with van der Waals surface area (Å²) in [5, 5.41) is 14.8. The Morgan fingerprint density at radius 2 is 2.06 bits per heavy atom. The van der Waals surface area contributed by atoms with E-state index in [0.29, 0.717) is 6.42 Å². The zero-order chi connectivity index (χ0) is 12.9. The zero-order valence-electron chi connectivity index (χ0n) is 11.1. The van der Waals surface area contributed by atoms with Crippen molar-refractivity contribution in [3.8, 4) is 0 Å². The first-order chi connectivity index (χ1) is 8.24. The minimum atomic E-state index is 0.279. The normalized spacial score (nSPS) is 13.9. The van der Waals surface area contributed by atoms with Crippen molar-refractivity contribution < 1.29 is 9.94 Å². The van der Waals surface area contributed by atoms with Gasteiger partial charge in [-0.2, -0.15) is 0 Å².